The van der Waals surface area contributed by atoms with E-state index in [9.17, 15) is 0 Å². The number of H-pyrrole nitrogens is 1. The van der Waals surface area contributed by atoms with Crippen molar-refractivity contribution in [3.63, 3.8) is 0 Å². The van der Waals surface area contributed by atoms with Gasteiger partial charge >= 0.3 is 0 Å². The van der Waals surface area contributed by atoms with Gasteiger partial charge in [0.1, 0.15) is 17.7 Å². The molecule has 15 heavy (non-hydrogen) atoms. The molecule has 0 aliphatic carbocycles. The summed E-state index contributed by atoms with van der Waals surface area (Å²) in [5.41, 5.74) is 7.56. The number of aromatic amines is 1. The molecule has 2 rings (SSSR count). The number of nitrogens with one attached hydrogen (secondary N) is 1. The second-order valence-electron chi connectivity index (χ2n) is 4.73. The van der Waals surface area contributed by atoms with Gasteiger partial charge in [-0.1, -0.05) is 20.8 Å². The fourth-order valence-corrected chi connectivity index (χ4v) is 1.34. The first kappa shape index (κ1) is 10.0. The molecule has 0 saturated carbocycles. The quantitative estimate of drug-likeness (QED) is 0.737. The van der Waals surface area contributed by atoms with Crippen molar-refractivity contribution in [3.05, 3.63) is 18.3 Å². The second kappa shape index (κ2) is 3.27. The fraction of sp³-hybridized carbons (Fsp3) is 0.500. The Kier molecular flexibility index (Phi) is 2.19. The zero-order chi connectivity index (χ0) is 11.1. The maximum absolute atomic E-state index is 6.09. The van der Waals surface area contributed by atoms with E-state index in [2.05, 4.69) is 40.7 Å². The van der Waals surface area contributed by atoms with Crippen molar-refractivity contribution in [1.29, 1.82) is 0 Å². The van der Waals surface area contributed by atoms with E-state index in [4.69, 9.17) is 5.73 Å². The van der Waals surface area contributed by atoms with Crippen LogP contribution in [-0.4, -0.2) is 19.9 Å². The number of aromatic nitrogens is 4. The summed E-state index contributed by atoms with van der Waals surface area (Å²) in [5.74, 6) is 0.762. The zero-order valence-corrected chi connectivity index (χ0v) is 9.15. The molecule has 2 aromatic heterocycles. The topological polar surface area (TPSA) is 80.5 Å². The van der Waals surface area contributed by atoms with Gasteiger partial charge in [0.05, 0.1) is 12.2 Å². The van der Waals surface area contributed by atoms with Gasteiger partial charge in [-0.3, -0.25) is 0 Å². The van der Waals surface area contributed by atoms with Crippen LogP contribution in [0.2, 0.25) is 0 Å². The molecule has 80 valence electrons. The van der Waals surface area contributed by atoms with Crippen molar-refractivity contribution in [2.24, 2.45) is 11.1 Å². The highest BCUT2D eigenvalue weighted by atomic mass is 15.0. The Morgan fingerprint density at radius 1 is 1.40 bits per heavy atom. The first-order valence-electron chi connectivity index (χ1n) is 4.89. The van der Waals surface area contributed by atoms with E-state index < -0.39 is 0 Å². The molecule has 3 N–H and O–H groups in total. The lowest BCUT2D eigenvalue weighted by Crippen LogP contribution is -2.27. The van der Waals surface area contributed by atoms with Crippen LogP contribution in [0.15, 0.2) is 12.5 Å². The van der Waals surface area contributed by atoms with Gasteiger partial charge in [0, 0.05) is 0 Å². The van der Waals surface area contributed by atoms with Crippen LogP contribution in [0.25, 0.3) is 11.2 Å². The van der Waals surface area contributed by atoms with Crippen molar-refractivity contribution >= 4 is 11.2 Å². The maximum atomic E-state index is 6.09. The maximum Gasteiger partial charge on any atom is 0.180 e. The minimum absolute atomic E-state index is 0.0265. The Morgan fingerprint density at radius 3 is 2.73 bits per heavy atom. The number of nitrogens with zero attached hydrogens (tertiary/aromatic N) is 3. The van der Waals surface area contributed by atoms with E-state index in [1.165, 1.54) is 6.33 Å². The molecule has 0 radical (unpaired) electrons. The number of hydrogen-bond donors (Lipinski definition) is 2. The molecule has 0 spiro atoms. The molecule has 5 heteroatoms. The summed E-state index contributed by atoms with van der Waals surface area (Å²) in [5, 5.41) is 0. The van der Waals surface area contributed by atoms with Gasteiger partial charge < -0.3 is 10.7 Å². The lowest BCUT2D eigenvalue weighted by Gasteiger charge is -2.24. The van der Waals surface area contributed by atoms with E-state index >= 15 is 0 Å². The third kappa shape index (κ3) is 1.83. The zero-order valence-electron chi connectivity index (χ0n) is 9.15. The van der Waals surface area contributed by atoms with Gasteiger partial charge in [-0.05, 0) is 5.41 Å². The van der Waals surface area contributed by atoms with Crippen LogP contribution in [0.4, 0.5) is 0 Å². The van der Waals surface area contributed by atoms with Gasteiger partial charge in [-0.15, -0.1) is 0 Å². The molecule has 0 saturated heterocycles. The second-order valence-corrected chi connectivity index (χ2v) is 4.73. The van der Waals surface area contributed by atoms with Gasteiger partial charge in [0.15, 0.2) is 5.65 Å². The average molecular weight is 205 g/mol. The predicted octanol–water partition coefficient (Wildman–Crippen LogP) is 1.40. The summed E-state index contributed by atoms with van der Waals surface area (Å²) in [6, 6.07) is -0.133. The average Bonchev–Trinajstić information content (AvgIpc) is 2.58. The smallest absolute Gasteiger partial charge is 0.180 e. The van der Waals surface area contributed by atoms with Crippen LogP contribution in [0.1, 0.15) is 32.6 Å². The standard InChI is InChI=1S/C10H15N5/c1-10(2,3)7(11)9-14-6-4-12-5-13-8(6)15-9/h4-5,7H,11H2,1-3H3,(H,12,13,14,15). The van der Waals surface area contributed by atoms with E-state index in [-0.39, 0.29) is 11.5 Å². The first-order chi connectivity index (χ1) is 6.98. The monoisotopic (exact) mass is 205 g/mol. The Balaban J connectivity index is 2.45. The summed E-state index contributed by atoms with van der Waals surface area (Å²) in [4.78, 5) is 15.5. The summed E-state index contributed by atoms with van der Waals surface area (Å²) in [6.45, 7) is 6.24. The van der Waals surface area contributed by atoms with Crippen LogP contribution < -0.4 is 5.73 Å². The predicted molar refractivity (Wildman–Crippen MR) is 58.1 cm³/mol. The van der Waals surface area contributed by atoms with Crippen molar-refractivity contribution in [3.8, 4) is 0 Å². The van der Waals surface area contributed by atoms with Crippen LogP contribution in [0.5, 0.6) is 0 Å². The fourth-order valence-electron chi connectivity index (χ4n) is 1.34. The van der Waals surface area contributed by atoms with E-state index in [1.54, 1.807) is 6.20 Å². The summed E-state index contributed by atoms with van der Waals surface area (Å²) >= 11 is 0. The van der Waals surface area contributed by atoms with Crippen LogP contribution in [0, 0.1) is 5.41 Å². The van der Waals surface area contributed by atoms with E-state index in [0.29, 0.717) is 5.65 Å². The Hall–Kier alpha value is -1.49. The van der Waals surface area contributed by atoms with Crippen LogP contribution in [-0.2, 0) is 0 Å². The third-order valence-corrected chi connectivity index (χ3v) is 2.41. The summed E-state index contributed by atoms with van der Waals surface area (Å²) < 4.78 is 0. The first-order valence-corrected chi connectivity index (χ1v) is 4.89. The number of imidazole rings is 1. The molecule has 2 heterocycles. The number of fused-ring (bicyclic) bond motifs is 1. The summed E-state index contributed by atoms with van der Waals surface area (Å²) in [6.07, 6.45) is 3.18. The molecular weight excluding hydrogens is 190 g/mol. The lowest BCUT2D eigenvalue weighted by atomic mass is 9.87. The molecule has 5 nitrogen and oxygen atoms in total. The van der Waals surface area contributed by atoms with E-state index in [1.807, 2.05) is 0 Å². The highest BCUT2D eigenvalue weighted by Crippen LogP contribution is 2.29. The minimum atomic E-state index is -0.133. The molecular formula is C10H15N5. The van der Waals surface area contributed by atoms with Gasteiger partial charge in [0.2, 0.25) is 0 Å². The van der Waals surface area contributed by atoms with E-state index in [0.717, 1.165) is 11.3 Å². The number of rotatable bonds is 1. The molecule has 1 atom stereocenters. The minimum Gasteiger partial charge on any atom is -0.338 e. The normalized spacial score (nSPS) is 14.4. The molecule has 0 aliphatic heterocycles. The van der Waals surface area contributed by atoms with Gasteiger partial charge in [0.25, 0.3) is 0 Å². The van der Waals surface area contributed by atoms with Crippen molar-refractivity contribution in [1.82, 2.24) is 19.9 Å². The molecule has 0 fully saturated rings. The lowest BCUT2D eigenvalue weighted by molar-refractivity contribution is 0.317. The SMILES string of the molecule is CC(C)(C)C(N)c1nc2ncncc2[nH]1. The Labute approximate surface area is 88.1 Å². The largest absolute Gasteiger partial charge is 0.338 e. The highest BCUT2D eigenvalue weighted by molar-refractivity contribution is 5.68. The van der Waals surface area contributed by atoms with Crippen molar-refractivity contribution < 1.29 is 0 Å². The molecule has 0 aliphatic rings. The van der Waals surface area contributed by atoms with Gasteiger partial charge in [-0.25, -0.2) is 15.0 Å². The van der Waals surface area contributed by atoms with Crippen molar-refractivity contribution in [2.45, 2.75) is 26.8 Å². The Morgan fingerprint density at radius 2 is 2.13 bits per heavy atom. The Bertz CT molecular complexity index is 435. The number of nitrogens with two attached hydrogens (primary N) is 1. The third-order valence-electron chi connectivity index (χ3n) is 2.41. The highest BCUT2D eigenvalue weighted by Gasteiger charge is 2.25. The molecule has 0 bridgehead atoms. The number of hydrogen-bond acceptors (Lipinski definition) is 4. The molecule has 1 unspecified atom stereocenters. The molecule has 2 aromatic rings. The van der Waals surface area contributed by atoms with Gasteiger partial charge in [-0.2, -0.15) is 0 Å². The molecule has 0 amide bonds. The van der Waals surface area contributed by atoms with Crippen molar-refractivity contribution in [2.75, 3.05) is 0 Å². The van der Waals surface area contributed by atoms with Crippen LogP contribution in [0.3, 0.4) is 0 Å². The summed E-state index contributed by atoms with van der Waals surface area (Å²) in [7, 11) is 0. The molecule has 0 aromatic carbocycles. The van der Waals surface area contributed by atoms with Crippen LogP contribution >= 0.6 is 0 Å².